The SMILES string of the molecule is Cc1ccc(C(=O)NC(=S)Nc2ccc(NC(=O)CCc3ccccc3)cc2)cc1. The van der Waals surface area contributed by atoms with Gasteiger partial charge in [0.1, 0.15) is 0 Å². The number of thiocarbonyl (C=S) groups is 1. The van der Waals surface area contributed by atoms with Gasteiger partial charge in [0.15, 0.2) is 5.11 Å². The minimum absolute atomic E-state index is 0.0413. The van der Waals surface area contributed by atoms with Crippen molar-refractivity contribution in [3.63, 3.8) is 0 Å². The van der Waals surface area contributed by atoms with Gasteiger partial charge in [-0.05, 0) is 67.5 Å². The Bertz CT molecular complexity index is 1020. The molecule has 0 spiro atoms. The van der Waals surface area contributed by atoms with Crippen molar-refractivity contribution in [1.82, 2.24) is 5.32 Å². The van der Waals surface area contributed by atoms with Crippen LogP contribution in [0.3, 0.4) is 0 Å². The summed E-state index contributed by atoms with van der Waals surface area (Å²) in [7, 11) is 0. The molecule has 0 aliphatic rings. The zero-order valence-electron chi connectivity index (χ0n) is 16.6. The van der Waals surface area contributed by atoms with Crippen LogP contribution in [0.25, 0.3) is 0 Å². The van der Waals surface area contributed by atoms with Gasteiger partial charge in [-0.2, -0.15) is 0 Å². The number of rotatable bonds is 6. The minimum Gasteiger partial charge on any atom is -0.332 e. The van der Waals surface area contributed by atoms with Crippen LogP contribution in [-0.2, 0) is 11.2 Å². The third-order valence-electron chi connectivity index (χ3n) is 4.45. The van der Waals surface area contributed by atoms with Crippen molar-refractivity contribution in [1.29, 1.82) is 0 Å². The molecule has 0 unspecified atom stereocenters. The number of benzene rings is 3. The van der Waals surface area contributed by atoms with E-state index in [4.69, 9.17) is 12.2 Å². The summed E-state index contributed by atoms with van der Waals surface area (Å²) in [5.74, 6) is -0.310. The van der Waals surface area contributed by atoms with Gasteiger partial charge in [-0.25, -0.2) is 0 Å². The maximum Gasteiger partial charge on any atom is 0.257 e. The van der Waals surface area contributed by atoms with E-state index in [-0.39, 0.29) is 16.9 Å². The summed E-state index contributed by atoms with van der Waals surface area (Å²) in [6.07, 6.45) is 1.11. The average molecular weight is 418 g/mol. The van der Waals surface area contributed by atoms with Crippen molar-refractivity contribution >= 4 is 40.5 Å². The van der Waals surface area contributed by atoms with Gasteiger partial charge in [0.2, 0.25) is 5.91 Å². The topological polar surface area (TPSA) is 70.2 Å². The number of hydrogen-bond donors (Lipinski definition) is 3. The van der Waals surface area contributed by atoms with Crippen molar-refractivity contribution < 1.29 is 9.59 Å². The van der Waals surface area contributed by atoms with Gasteiger partial charge in [-0.1, -0.05) is 48.0 Å². The third kappa shape index (κ3) is 6.53. The zero-order chi connectivity index (χ0) is 21.3. The molecule has 0 aromatic heterocycles. The van der Waals surface area contributed by atoms with E-state index in [1.54, 1.807) is 36.4 Å². The van der Waals surface area contributed by atoms with Crippen LogP contribution in [0.15, 0.2) is 78.9 Å². The van der Waals surface area contributed by atoms with E-state index < -0.39 is 0 Å². The summed E-state index contributed by atoms with van der Waals surface area (Å²) in [5.41, 5.74) is 4.17. The quantitative estimate of drug-likeness (QED) is 0.509. The number of aryl methyl sites for hydroxylation is 2. The highest BCUT2D eigenvalue weighted by Crippen LogP contribution is 2.14. The second kappa shape index (κ2) is 10.3. The molecule has 0 aliphatic carbocycles. The lowest BCUT2D eigenvalue weighted by molar-refractivity contribution is -0.116. The van der Waals surface area contributed by atoms with Crippen molar-refractivity contribution in [2.75, 3.05) is 10.6 Å². The first-order valence-electron chi connectivity index (χ1n) is 9.62. The summed E-state index contributed by atoms with van der Waals surface area (Å²) >= 11 is 5.21. The maximum atomic E-state index is 12.2. The molecule has 0 aliphatic heterocycles. The molecular formula is C24H23N3O2S. The Labute approximate surface area is 181 Å². The summed E-state index contributed by atoms with van der Waals surface area (Å²) < 4.78 is 0. The lowest BCUT2D eigenvalue weighted by Crippen LogP contribution is -2.34. The Morgan fingerprint density at radius 3 is 2.03 bits per heavy atom. The fourth-order valence-electron chi connectivity index (χ4n) is 2.81. The number of hydrogen-bond acceptors (Lipinski definition) is 3. The second-order valence-corrected chi connectivity index (χ2v) is 7.29. The summed E-state index contributed by atoms with van der Waals surface area (Å²) in [6, 6.07) is 24.3. The predicted octanol–water partition coefficient (Wildman–Crippen LogP) is 4.69. The van der Waals surface area contributed by atoms with Gasteiger partial charge in [-0.3, -0.25) is 14.9 Å². The zero-order valence-corrected chi connectivity index (χ0v) is 17.5. The smallest absolute Gasteiger partial charge is 0.257 e. The first-order chi connectivity index (χ1) is 14.5. The average Bonchev–Trinajstić information content (AvgIpc) is 2.75. The first-order valence-corrected chi connectivity index (χ1v) is 10.0. The number of nitrogens with one attached hydrogen (secondary N) is 3. The van der Waals surface area contributed by atoms with Gasteiger partial charge in [0, 0.05) is 23.4 Å². The maximum absolute atomic E-state index is 12.2. The summed E-state index contributed by atoms with van der Waals surface area (Å²) in [4.78, 5) is 24.3. The number of amides is 2. The van der Waals surface area contributed by atoms with Crippen LogP contribution in [0.2, 0.25) is 0 Å². The van der Waals surface area contributed by atoms with Crippen LogP contribution in [0.1, 0.15) is 27.9 Å². The van der Waals surface area contributed by atoms with Gasteiger partial charge < -0.3 is 10.6 Å². The van der Waals surface area contributed by atoms with E-state index in [1.165, 1.54) is 0 Å². The molecule has 3 aromatic rings. The molecule has 2 amide bonds. The number of carbonyl (C=O) groups is 2. The van der Waals surface area contributed by atoms with Crippen molar-refractivity contribution in [2.45, 2.75) is 19.8 Å². The molecule has 0 bridgehead atoms. The highest BCUT2D eigenvalue weighted by atomic mass is 32.1. The van der Waals surface area contributed by atoms with Crippen LogP contribution < -0.4 is 16.0 Å². The molecular weight excluding hydrogens is 394 g/mol. The van der Waals surface area contributed by atoms with Crippen LogP contribution in [-0.4, -0.2) is 16.9 Å². The Morgan fingerprint density at radius 2 is 1.40 bits per heavy atom. The standard InChI is InChI=1S/C24H23N3O2S/c1-17-7-10-19(11-8-17)23(29)27-24(30)26-21-14-12-20(13-15-21)25-22(28)16-9-18-5-3-2-4-6-18/h2-8,10-15H,9,16H2,1H3,(H,25,28)(H2,26,27,29,30). The monoisotopic (exact) mass is 417 g/mol. The molecule has 5 nitrogen and oxygen atoms in total. The Hall–Kier alpha value is -3.51. The van der Waals surface area contributed by atoms with Crippen LogP contribution >= 0.6 is 12.2 Å². The molecule has 0 atom stereocenters. The highest BCUT2D eigenvalue weighted by Gasteiger charge is 2.08. The van der Waals surface area contributed by atoms with Crippen LogP contribution in [0.5, 0.6) is 0 Å². The lowest BCUT2D eigenvalue weighted by atomic mass is 10.1. The first kappa shape index (κ1) is 21.2. The van der Waals surface area contributed by atoms with Crippen LogP contribution in [0.4, 0.5) is 11.4 Å². The predicted molar refractivity (Wildman–Crippen MR) is 125 cm³/mol. The third-order valence-corrected chi connectivity index (χ3v) is 4.66. The van der Waals surface area contributed by atoms with E-state index in [0.29, 0.717) is 29.8 Å². The fourth-order valence-corrected chi connectivity index (χ4v) is 3.02. The highest BCUT2D eigenvalue weighted by molar-refractivity contribution is 7.80. The Kier molecular flexibility index (Phi) is 7.29. The summed E-state index contributed by atoms with van der Waals surface area (Å²) in [6.45, 7) is 1.96. The largest absolute Gasteiger partial charge is 0.332 e. The lowest BCUT2D eigenvalue weighted by Gasteiger charge is -2.11. The molecule has 3 aromatic carbocycles. The van der Waals surface area contributed by atoms with Gasteiger partial charge in [0.05, 0.1) is 0 Å². The van der Waals surface area contributed by atoms with Gasteiger partial charge in [0.25, 0.3) is 5.91 Å². The molecule has 6 heteroatoms. The summed E-state index contributed by atoms with van der Waals surface area (Å²) in [5, 5.41) is 8.71. The van der Waals surface area contributed by atoms with Crippen LogP contribution in [0, 0.1) is 6.92 Å². The van der Waals surface area contributed by atoms with Crippen molar-refractivity contribution in [3.8, 4) is 0 Å². The molecule has 0 heterocycles. The van der Waals surface area contributed by atoms with Gasteiger partial charge >= 0.3 is 0 Å². The van der Waals surface area contributed by atoms with Crippen molar-refractivity contribution in [3.05, 3.63) is 95.6 Å². The Balaban J connectivity index is 1.46. The van der Waals surface area contributed by atoms with E-state index in [2.05, 4.69) is 16.0 Å². The molecule has 0 fully saturated rings. The normalized spacial score (nSPS) is 10.2. The molecule has 3 N–H and O–H groups in total. The number of carbonyl (C=O) groups excluding carboxylic acids is 2. The fraction of sp³-hybridized carbons (Fsp3) is 0.125. The number of anilines is 2. The van der Waals surface area contributed by atoms with E-state index in [1.807, 2.05) is 49.4 Å². The van der Waals surface area contributed by atoms with E-state index >= 15 is 0 Å². The van der Waals surface area contributed by atoms with E-state index in [9.17, 15) is 9.59 Å². The minimum atomic E-state index is -0.269. The van der Waals surface area contributed by atoms with Gasteiger partial charge in [-0.15, -0.1) is 0 Å². The molecule has 0 radical (unpaired) electrons. The molecule has 0 saturated carbocycles. The molecule has 30 heavy (non-hydrogen) atoms. The second-order valence-electron chi connectivity index (χ2n) is 6.89. The molecule has 0 saturated heterocycles. The molecule has 3 rings (SSSR count). The van der Waals surface area contributed by atoms with Crippen molar-refractivity contribution in [2.24, 2.45) is 0 Å². The van der Waals surface area contributed by atoms with E-state index in [0.717, 1.165) is 11.1 Å². The Morgan fingerprint density at radius 1 is 0.800 bits per heavy atom. The molecule has 152 valence electrons.